The average molecular weight is 248 g/mol. The van der Waals surface area contributed by atoms with Crippen LogP contribution in [0.5, 0.6) is 0 Å². The lowest BCUT2D eigenvalue weighted by molar-refractivity contribution is 0.181. The molecule has 0 saturated carbocycles. The third-order valence-corrected chi connectivity index (χ3v) is 3.97. The molecule has 3 nitrogen and oxygen atoms in total. The van der Waals surface area contributed by atoms with Crippen molar-refractivity contribution in [1.82, 2.24) is 5.43 Å². The van der Waals surface area contributed by atoms with Crippen molar-refractivity contribution in [3.63, 3.8) is 0 Å². The van der Waals surface area contributed by atoms with E-state index in [2.05, 4.69) is 37.5 Å². The number of rotatable bonds is 5. The van der Waals surface area contributed by atoms with Crippen LogP contribution in [0.4, 0.5) is 0 Å². The standard InChI is InChI=1S/C15H24N2O/c1-11-4-3-5-12(2)15(11)9-14(17-16)8-13-6-7-18-10-13/h3-5,13-14,17H,6-10,16H2,1-2H3. The summed E-state index contributed by atoms with van der Waals surface area (Å²) in [4.78, 5) is 0. The summed E-state index contributed by atoms with van der Waals surface area (Å²) in [7, 11) is 0. The molecular weight excluding hydrogens is 224 g/mol. The summed E-state index contributed by atoms with van der Waals surface area (Å²) in [5.74, 6) is 6.37. The Morgan fingerprint density at radius 2 is 2.11 bits per heavy atom. The molecule has 1 saturated heterocycles. The number of nitrogens with one attached hydrogen (secondary N) is 1. The molecule has 2 unspecified atom stereocenters. The van der Waals surface area contributed by atoms with Crippen LogP contribution in [0.15, 0.2) is 18.2 Å². The van der Waals surface area contributed by atoms with Crippen LogP contribution in [0.2, 0.25) is 0 Å². The number of hydrazine groups is 1. The first-order chi connectivity index (χ1) is 8.70. The summed E-state index contributed by atoms with van der Waals surface area (Å²) in [5.41, 5.74) is 7.12. The van der Waals surface area contributed by atoms with Crippen molar-refractivity contribution >= 4 is 0 Å². The van der Waals surface area contributed by atoms with Crippen LogP contribution in [-0.2, 0) is 11.2 Å². The molecule has 0 aliphatic carbocycles. The molecule has 1 aromatic rings. The van der Waals surface area contributed by atoms with E-state index in [1.54, 1.807) is 0 Å². The van der Waals surface area contributed by atoms with Crippen LogP contribution in [0, 0.1) is 19.8 Å². The third-order valence-electron chi connectivity index (χ3n) is 3.97. The van der Waals surface area contributed by atoms with Gasteiger partial charge in [0.1, 0.15) is 0 Å². The van der Waals surface area contributed by atoms with Crippen molar-refractivity contribution in [2.24, 2.45) is 11.8 Å². The lowest BCUT2D eigenvalue weighted by atomic mass is 9.91. The molecule has 1 aliphatic heterocycles. The number of ether oxygens (including phenoxy) is 1. The van der Waals surface area contributed by atoms with Crippen molar-refractivity contribution in [2.45, 2.75) is 39.2 Å². The molecule has 0 aromatic heterocycles. The van der Waals surface area contributed by atoms with Crippen LogP contribution in [-0.4, -0.2) is 19.3 Å². The highest BCUT2D eigenvalue weighted by atomic mass is 16.5. The van der Waals surface area contributed by atoms with E-state index in [4.69, 9.17) is 10.6 Å². The van der Waals surface area contributed by atoms with Crippen molar-refractivity contribution in [3.8, 4) is 0 Å². The van der Waals surface area contributed by atoms with Gasteiger partial charge in [0.15, 0.2) is 0 Å². The van der Waals surface area contributed by atoms with Gasteiger partial charge in [0.2, 0.25) is 0 Å². The third kappa shape index (κ3) is 3.31. The maximum absolute atomic E-state index is 5.71. The maximum atomic E-state index is 5.71. The zero-order valence-corrected chi connectivity index (χ0v) is 11.4. The van der Waals surface area contributed by atoms with Crippen molar-refractivity contribution in [1.29, 1.82) is 0 Å². The Bertz CT molecular complexity index is 366. The maximum Gasteiger partial charge on any atom is 0.0495 e. The summed E-state index contributed by atoms with van der Waals surface area (Å²) in [6.45, 7) is 6.15. The average Bonchev–Trinajstić information content (AvgIpc) is 2.85. The lowest BCUT2D eigenvalue weighted by Gasteiger charge is -2.21. The van der Waals surface area contributed by atoms with Crippen molar-refractivity contribution in [2.75, 3.05) is 13.2 Å². The van der Waals surface area contributed by atoms with Crippen LogP contribution in [0.3, 0.4) is 0 Å². The second kappa shape index (κ2) is 6.32. The Balaban J connectivity index is 2.00. The van der Waals surface area contributed by atoms with Gasteiger partial charge in [-0.25, -0.2) is 0 Å². The minimum Gasteiger partial charge on any atom is -0.381 e. The van der Waals surface area contributed by atoms with Gasteiger partial charge in [-0.3, -0.25) is 11.3 Å². The Morgan fingerprint density at radius 3 is 2.67 bits per heavy atom. The molecule has 0 amide bonds. The molecular formula is C15H24N2O. The smallest absolute Gasteiger partial charge is 0.0495 e. The molecule has 100 valence electrons. The molecule has 3 heteroatoms. The van der Waals surface area contributed by atoms with Gasteiger partial charge in [-0.1, -0.05) is 18.2 Å². The zero-order chi connectivity index (χ0) is 13.0. The highest BCUT2D eigenvalue weighted by Gasteiger charge is 2.21. The molecule has 1 fully saturated rings. The largest absolute Gasteiger partial charge is 0.381 e. The first-order valence-electron chi connectivity index (χ1n) is 6.79. The van der Waals surface area contributed by atoms with Crippen molar-refractivity contribution < 1.29 is 4.74 Å². The quantitative estimate of drug-likeness (QED) is 0.620. The number of benzene rings is 1. The second-order valence-electron chi connectivity index (χ2n) is 5.40. The first kappa shape index (κ1) is 13.5. The monoisotopic (exact) mass is 248 g/mol. The molecule has 0 spiro atoms. The number of hydrogen-bond donors (Lipinski definition) is 2. The zero-order valence-electron chi connectivity index (χ0n) is 11.4. The van der Waals surface area contributed by atoms with E-state index in [0.717, 1.165) is 26.1 Å². The summed E-state index contributed by atoms with van der Waals surface area (Å²) in [5, 5.41) is 0. The summed E-state index contributed by atoms with van der Waals surface area (Å²) in [6, 6.07) is 6.81. The van der Waals surface area contributed by atoms with Crippen LogP contribution < -0.4 is 11.3 Å². The predicted octanol–water partition coefficient (Wildman–Crippen LogP) is 2.10. The Hall–Kier alpha value is -0.900. The first-order valence-corrected chi connectivity index (χ1v) is 6.79. The van der Waals surface area contributed by atoms with Gasteiger partial charge in [0, 0.05) is 19.3 Å². The SMILES string of the molecule is Cc1cccc(C)c1CC(CC1CCOC1)NN. The molecule has 1 aliphatic rings. The molecule has 1 heterocycles. The molecule has 0 radical (unpaired) electrons. The summed E-state index contributed by atoms with van der Waals surface area (Å²) >= 11 is 0. The number of hydrogen-bond acceptors (Lipinski definition) is 3. The number of aryl methyl sites for hydroxylation is 2. The van der Waals surface area contributed by atoms with Crippen LogP contribution >= 0.6 is 0 Å². The molecule has 2 rings (SSSR count). The van der Waals surface area contributed by atoms with Gasteiger partial charge in [0.05, 0.1) is 0 Å². The normalized spacial score (nSPS) is 21.2. The van der Waals surface area contributed by atoms with Crippen LogP contribution in [0.1, 0.15) is 29.5 Å². The van der Waals surface area contributed by atoms with E-state index in [1.165, 1.54) is 23.1 Å². The molecule has 1 aromatic carbocycles. The highest BCUT2D eigenvalue weighted by molar-refractivity contribution is 5.34. The predicted molar refractivity (Wildman–Crippen MR) is 74.3 cm³/mol. The lowest BCUT2D eigenvalue weighted by Crippen LogP contribution is -2.38. The second-order valence-corrected chi connectivity index (χ2v) is 5.40. The fraction of sp³-hybridized carbons (Fsp3) is 0.600. The minimum atomic E-state index is 0.344. The fourth-order valence-corrected chi connectivity index (χ4v) is 2.80. The van der Waals surface area contributed by atoms with E-state index >= 15 is 0 Å². The summed E-state index contributed by atoms with van der Waals surface area (Å²) in [6.07, 6.45) is 3.28. The Morgan fingerprint density at radius 1 is 1.39 bits per heavy atom. The van der Waals surface area contributed by atoms with Gasteiger partial charge in [-0.2, -0.15) is 0 Å². The van der Waals surface area contributed by atoms with E-state index in [1.807, 2.05) is 0 Å². The van der Waals surface area contributed by atoms with Gasteiger partial charge in [-0.05, 0) is 55.7 Å². The Labute approximate surface area is 110 Å². The topological polar surface area (TPSA) is 47.3 Å². The van der Waals surface area contributed by atoms with Gasteiger partial charge < -0.3 is 4.74 Å². The van der Waals surface area contributed by atoms with Crippen molar-refractivity contribution in [3.05, 3.63) is 34.9 Å². The van der Waals surface area contributed by atoms with E-state index in [9.17, 15) is 0 Å². The molecule has 18 heavy (non-hydrogen) atoms. The van der Waals surface area contributed by atoms with E-state index in [0.29, 0.717) is 12.0 Å². The minimum absolute atomic E-state index is 0.344. The summed E-state index contributed by atoms with van der Waals surface area (Å²) < 4.78 is 5.43. The molecule has 0 bridgehead atoms. The number of nitrogens with two attached hydrogens (primary N) is 1. The van der Waals surface area contributed by atoms with E-state index < -0.39 is 0 Å². The van der Waals surface area contributed by atoms with Gasteiger partial charge in [0.25, 0.3) is 0 Å². The Kier molecular flexibility index (Phi) is 4.75. The highest BCUT2D eigenvalue weighted by Crippen LogP contribution is 2.22. The molecule has 3 N–H and O–H groups in total. The fourth-order valence-electron chi connectivity index (χ4n) is 2.80. The van der Waals surface area contributed by atoms with Crippen LogP contribution in [0.25, 0.3) is 0 Å². The van der Waals surface area contributed by atoms with Gasteiger partial charge in [-0.15, -0.1) is 0 Å². The molecule has 2 atom stereocenters. The van der Waals surface area contributed by atoms with Gasteiger partial charge >= 0.3 is 0 Å². The van der Waals surface area contributed by atoms with E-state index in [-0.39, 0.29) is 0 Å².